The highest BCUT2D eigenvalue weighted by Gasteiger charge is 2.23. The molecular formula is C15H19N5O. The van der Waals surface area contributed by atoms with Crippen LogP contribution in [0, 0.1) is 0 Å². The van der Waals surface area contributed by atoms with Crippen LogP contribution in [0.2, 0.25) is 0 Å². The van der Waals surface area contributed by atoms with Gasteiger partial charge in [0.25, 0.3) is 0 Å². The van der Waals surface area contributed by atoms with Crippen LogP contribution in [0.1, 0.15) is 12.0 Å². The Bertz CT molecular complexity index is 577. The zero-order chi connectivity index (χ0) is 14.5. The number of hydrogen-bond acceptors (Lipinski definition) is 6. The Kier molecular flexibility index (Phi) is 4.25. The van der Waals surface area contributed by atoms with E-state index in [-0.39, 0.29) is 0 Å². The highest BCUT2D eigenvalue weighted by Crippen LogP contribution is 2.16. The molecule has 6 heteroatoms. The van der Waals surface area contributed by atoms with Gasteiger partial charge in [0.05, 0.1) is 7.11 Å². The zero-order valence-electron chi connectivity index (χ0n) is 12.1. The van der Waals surface area contributed by atoms with E-state index < -0.39 is 0 Å². The molecule has 0 aromatic carbocycles. The lowest BCUT2D eigenvalue weighted by molar-refractivity contribution is 0.328. The van der Waals surface area contributed by atoms with Crippen LogP contribution >= 0.6 is 0 Å². The molecule has 1 aliphatic rings. The van der Waals surface area contributed by atoms with E-state index in [1.54, 1.807) is 19.4 Å². The Balaban J connectivity index is 1.54. The van der Waals surface area contributed by atoms with Crippen LogP contribution in [0.15, 0.2) is 36.8 Å². The van der Waals surface area contributed by atoms with Crippen molar-refractivity contribution in [2.24, 2.45) is 0 Å². The molecule has 1 aliphatic heterocycles. The SMILES string of the molecule is COc1ccnc(NC2CCN(Cc3ccncc3)C2)n1. The van der Waals surface area contributed by atoms with Crippen molar-refractivity contribution in [3.8, 4) is 5.88 Å². The molecule has 0 radical (unpaired) electrons. The standard InChI is InChI=1S/C15H19N5O/c1-21-14-4-8-17-15(19-14)18-13-5-9-20(11-13)10-12-2-6-16-7-3-12/h2-4,6-8,13H,5,9-11H2,1H3,(H,17,18,19). The summed E-state index contributed by atoms with van der Waals surface area (Å²) in [6, 6.07) is 6.24. The van der Waals surface area contributed by atoms with Crippen LogP contribution in [-0.4, -0.2) is 46.1 Å². The summed E-state index contributed by atoms with van der Waals surface area (Å²) in [5, 5.41) is 3.38. The first kappa shape index (κ1) is 13.8. The van der Waals surface area contributed by atoms with Crippen molar-refractivity contribution in [1.29, 1.82) is 0 Å². The van der Waals surface area contributed by atoms with E-state index in [2.05, 4.69) is 37.3 Å². The molecule has 110 valence electrons. The molecule has 0 amide bonds. The lowest BCUT2D eigenvalue weighted by Crippen LogP contribution is -2.26. The van der Waals surface area contributed by atoms with Gasteiger partial charge < -0.3 is 10.1 Å². The van der Waals surface area contributed by atoms with Gasteiger partial charge in [0.15, 0.2) is 0 Å². The van der Waals surface area contributed by atoms with Gasteiger partial charge in [-0.05, 0) is 24.1 Å². The van der Waals surface area contributed by atoms with Crippen LogP contribution in [-0.2, 0) is 6.54 Å². The predicted molar refractivity (Wildman–Crippen MR) is 80.1 cm³/mol. The molecule has 1 atom stereocenters. The fourth-order valence-corrected chi connectivity index (χ4v) is 2.55. The van der Waals surface area contributed by atoms with Crippen LogP contribution in [0.4, 0.5) is 5.95 Å². The Morgan fingerprint density at radius 3 is 2.95 bits per heavy atom. The van der Waals surface area contributed by atoms with E-state index in [0.29, 0.717) is 17.9 Å². The summed E-state index contributed by atoms with van der Waals surface area (Å²) in [5.41, 5.74) is 1.29. The molecule has 0 bridgehead atoms. The molecule has 1 N–H and O–H groups in total. The van der Waals surface area contributed by atoms with Gasteiger partial charge in [-0.1, -0.05) is 0 Å². The molecule has 0 spiro atoms. The van der Waals surface area contributed by atoms with Crippen molar-refractivity contribution >= 4 is 5.95 Å². The first-order valence-electron chi connectivity index (χ1n) is 7.08. The Morgan fingerprint density at radius 1 is 1.29 bits per heavy atom. The average molecular weight is 285 g/mol. The molecule has 1 saturated heterocycles. The fraction of sp³-hybridized carbons (Fsp3) is 0.400. The van der Waals surface area contributed by atoms with Crippen LogP contribution < -0.4 is 10.1 Å². The van der Waals surface area contributed by atoms with E-state index in [4.69, 9.17) is 4.74 Å². The number of nitrogens with one attached hydrogen (secondary N) is 1. The number of ether oxygens (including phenoxy) is 1. The summed E-state index contributed by atoms with van der Waals surface area (Å²) >= 11 is 0. The van der Waals surface area contributed by atoms with Crippen LogP contribution in [0.5, 0.6) is 5.88 Å². The highest BCUT2D eigenvalue weighted by molar-refractivity contribution is 5.29. The molecule has 0 aliphatic carbocycles. The molecule has 2 aromatic rings. The van der Waals surface area contributed by atoms with E-state index in [9.17, 15) is 0 Å². The second kappa shape index (κ2) is 6.49. The maximum atomic E-state index is 5.11. The van der Waals surface area contributed by atoms with E-state index >= 15 is 0 Å². The van der Waals surface area contributed by atoms with Gasteiger partial charge in [-0.2, -0.15) is 4.98 Å². The normalized spacial score (nSPS) is 18.6. The lowest BCUT2D eigenvalue weighted by Gasteiger charge is -2.16. The number of aromatic nitrogens is 3. The maximum Gasteiger partial charge on any atom is 0.226 e. The molecule has 1 unspecified atom stereocenters. The third-order valence-corrected chi connectivity index (χ3v) is 3.60. The van der Waals surface area contributed by atoms with Gasteiger partial charge in [-0.3, -0.25) is 9.88 Å². The van der Waals surface area contributed by atoms with E-state index in [0.717, 1.165) is 26.1 Å². The largest absolute Gasteiger partial charge is 0.481 e. The smallest absolute Gasteiger partial charge is 0.226 e. The van der Waals surface area contributed by atoms with Gasteiger partial charge in [0, 0.05) is 50.3 Å². The molecule has 2 aromatic heterocycles. The minimum atomic E-state index is 0.374. The lowest BCUT2D eigenvalue weighted by atomic mass is 10.2. The number of pyridine rings is 1. The molecule has 1 fully saturated rings. The number of methoxy groups -OCH3 is 1. The van der Waals surface area contributed by atoms with Crippen molar-refractivity contribution in [1.82, 2.24) is 19.9 Å². The highest BCUT2D eigenvalue weighted by atomic mass is 16.5. The number of hydrogen-bond donors (Lipinski definition) is 1. The van der Waals surface area contributed by atoms with E-state index in [1.807, 2.05) is 12.4 Å². The van der Waals surface area contributed by atoms with Gasteiger partial charge in [0.1, 0.15) is 0 Å². The van der Waals surface area contributed by atoms with Crippen molar-refractivity contribution in [3.63, 3.8) is 0 Å². The second-order valence-corrected chi connectivity index (χ2v) is 5.14. The van der Waals surface area contributed by atoms with Gasteiger partial charge in [-0.25, -0.2) is 4.98 Å². The van der Waals surface area contributed by atoms with Crippen molar-refractivity contribution in [3.05, 3.63) is 42.4 Å². The summed E-state index contributed by atoms with van der Waals surface area (Å²) in [4.78, 5) is 15.0. The third kappa shape index (κ3) is 3.66. The topological polar surface area (TPSA) is 63.2 Å². The van der Waals surface area contributed by atoms with Crippen molar-refractivity contribution < 1.29 is 4.74 Å². The fourth-order valence-electron chi connectivity index (χ4n) is 2.55. The van der Waals surface area contributed by atoms with Crippen molar-refractivity contribution in [2.75, 3.05) is 25.5 Å². The molecular weight excluding hydrogens is 266 g/mol. The summed E-state index contributed by atoms with van der Waals surface area (Å²) in [7, 11) is 1.61. The summed E-state index contributed by atoms with van der Waals surface area (Å²) < 4.78 is 5.11. The van der Waals surface area contributed by atoms with Crippen molar-refractivity contribution in [2.45, 2.75) is 19.0 Å². The zero-order valence-corrected chi connectivity index (χ0v) is 12.1. The number of rotatable bonds is 5. The molecule has 3 rings (SSSR count). The summed E-state index contributed by atoms with van der Waals surface area (Å²) in [6.07, 6.45) is 6.47. The van der Waals surface area contributed by atoms with Gasteiger partial charge in [-0.15, -0.1) is 0 Å². The number of anilines is 1. The minimum Gasteiger partial charge on any atom is -0.481 e. The monoisotopic (exact) mass is 285 g/mol. The summed E-state index contributed by atoms with van der Waals surface area (Å²) in [5.74, 6) is 1.21. The maximum absolute atomic E-state index is 5.11. The second-order valence-electron chi connectivity index (χ2n) is 5.14. The Labute approximate surface area is 124 Å². The van der Waals surface area contributed by atoms with Gasteiger partial charge >= 0.3 is 0 Å². The molecule has 0 saturated carbocycles. The quantitative estimate of drug-likeness (QED) is 0.899. The molecule has 3 heterocycles. The van der Waals surface area contributed by atoms with Gasteiger partial charge in [0.2, 0.25) is 11.8 Å². The summed E-state index contributed by atoms with van der Waals surface area (Å²) in [6.45, 7) is 3.02. The van der Waals surface area contributed by atoms with E-state index in [1.165, 1.54) is 5.56 Å². The first-order chi connectivity index (χ1) is 10.3. The molecule has 6 nitrogen and oxygen atoms in total. The number of nitrogens with zero attached hydrogens (tertiary/aromatic N) is 4. The molecule has 21 heavy (non-hydrogen) atoms. The Morgan fingerprint density at radius 2 is 2.14 bits per heavy atom. The average Bonchev–Trinajstić information content (AvgIpc) is 2.95. The third-order valence-electron chi connectivity index (χ3n) is 3.60. The first-order valence-corrected chi connectivity index (χ1v) is 7.08. The Hall–Kier alpha value is -2.21. The predicted octanol–water partition coefficient (Wildman–Crippen LogP) is 1.57. The number of likely N-dealkylation sites (tertiary alicyclic amines) is 1. The van der Waals surface area contributed by atoms with Crippen LogP contribution in [0.25, 0.3) is 0 Å². The van der Waals surface area contributed by atoms with Crippen LogP contribution in [0.3, 0.4) is 0 Å². The minimum absolute atomic E-state index is 0.374.